The van der Waals surface area contributed by atoms with Crippen molar-refractivity contribution in [2.45, 2.75) is 32.7 Å². The Morgan fingerprint density at radius 2 is 1.94 bits per heavy atom. The third-order valence-electron chi connectivity index (χ3n) is 3.56. The molecule has 16 heavy (non-hydrogen) atoms. The number of rotatable bonds is 5. The summed E-state index contributed by atoms with van der Waals surface area (Å²) < 4.78 is 0. The molecule has 1 fully saturated rings. The highest BCUT2D eigenvalue weighted by atomic mass is 15.1. The van der Waals surface area contributed by atoms with Gasteiger partial charge in [-0.3, -0.25) is 4.90 Å². The molecule has 0 radical (unpaired) electrons. The normalized spacial score (nSPS) is 17.7. The quantitative estimate of drug-likeness (QED) is 0.770. The Morgan fingerprint density at radius 3 is 2.44 bits per heavy atom. The molecule has 0 heterocycles. The van der Waals surface area contributed by atoms with Gasteiger partial charge in [-0.25, -0.2) is 0 Å². The van der Waals surface area contributed by atoms with Crippen molar-refractivity contribution in [3.05, 3.63) is 29.8 Å². The summed E-state index contributed by atoms with van der Waals surface area (Å²) in [5, 5.41) is 0. The Labute approximate surface area is 98.4 Å². The maximum absolute atomic E-state index is 5.71. The zero-order chi connectivity index (χ0) is 11.5. The second-order valence-electron chi connectivity index (χ2n) is 4.87. The van der Waals surface area contributed by atoms with Gasteiger partial charge in [-0.05, 0) is 49.9 Å². The van der Waals surface area contributed by atoms with Crippen LogP contribution in [0, 0.1) is 5.92 Å². The van der Waals surface area contributed by atoms with Gasteiger partial charge in [0.15, 0.2) is 0 Å². The van der Waals surface area contributed by atoms with Crippen LogP contribution in [-0.2, 0) is 0 Å². The van der Waals surface area contributed by atoms with E-state index < -0.39 is 0 Å². The van der Waals surface area contributed by atoms with E-state index in [-0.39, 0.29) is 0 Å². The number of benzene rings is 1. The van der Waals surface area contributed by atoms with Crippen molar-refractivity contribution in [2.24, 2.45) is 5.92 Å². The first-order chi connectivity index (χ1) is 7.70. The van der Waals surface area contributed by atoms with E-state index in [9.17, 15) is 0 Å². The van der Waals surface area contributed by atoms with Gasteiger partial charge in [-0.1, -0.05) is 19.1 Å². The van der Waals surface area contributed by atoms with Crippen molar-refractivity contribution in [3.8, 4) is 0 Å². The summed E-state index contributed by atoms with van der Waals surface area (Å²) in [4.78, 5) is 2.56. The number of nitrogens with zero attached hydrogens (tertiary/aromatic N) is 1. The zero-order valence-electron chi connectivity index (χ0n) is 10.3. The molecule has 1 aliphatic rings. The Hall–Kier alpha value is -1.02. The molecule has 2 rings (SSSR count). The molecular weight excluding hydrogens is 196 g/mol. The molecular formula is C14H22N2. The van der Waals surface area contributed by atoms with Crippen molar-refractivity contribution in [2.75, 3.05) is 18.8 Å². The summed E-state index contributed by atoms with van der Waals surface area (Å²) >= 11 is 0. The van der Waals surface area contributed by atoms with Gasteiger partial charge in [-0.15, -0.1) is 0 Å². The van der Waals surface area contributed by atoms with Crippen LogP contribution in [0.15, 0.2) is 24.3 Å². The SMILES string of the molecule is CCN(CC1CC1)C(C)c1ccc(N)cc1. The van der Waals surface area contributed by atoms with Gasteiger partial charge in [0.25, 0.3) is 0 Å². The molecule has 1 aromatic carbocycles. The summed E-state index contributed by atoms with van der Waals surface area (Å²) in [6.45, 7) is 6.91. The molecule has 88 valence electrons. The topological polar surface area (TPSA) is 29.3 Å². The molecule has 2 nitrogen and oxygen atoms in total. The highest BCUT2D eigenvalue weighted by Crippen LogP contribution is 2.32. The highest BCUT2D eigenvalue weighted by molar-refractivity contribution is 5.40. The van der Waals surface area contributed by atoms with E-state index >= 15 is 0 Å². The molecule has 0 spiro atoms. The van der Waals surface area contributed by atoms with Crippen LogP contribution in [0.3, 0.4) is 0 Å². The molecule has 2 N–H and O–H groups in total. The van der Waals surface area contributed by atoms with Gasteiger partial charge in [-0.2, -0.15) is 0 Å². The Kier molecular flexibility index (Phi) is 3.49. The lowest BCUT2D eigenvalue weighted by atomic mass is 10.1. The second-order valence-corrected chi connectivity index (χ2v) is 4.87. The monoisotopic (exact) mass is 218 g/mol. The van der Waals surface area contributed by atoms with Crippen LogP contribution in [0.5, 0.6) is 0 Å². The predicted molar refractivity (Wildman–Crippen MR) is 69.2 cm³/mol. The van der Waals surface area contributed by atoms with Crippen LogP contribution in [0.2, 0.25) is 0 Å². The van der Waals surface area contributed by atoms with Crippen molar-refractivity contribution >= 4 is 5.69 Å². The standard InChI is InChI=1S/C14H22N2/c1-3-16(10-12-4-5-12)11(2)13-6-8-14(15)9-7-13/h6-9,11-12H,3-5,10,15H2,1-2H3. The first-order valence-corrected chi connectivity index (χ1v) is 6.30. The molecule has 0 saturated heterocycles. The first-order valence-electron chi connectivity index (χ1n) is 6.30. The lowest BCUT2D eigenvalue weighted by Crippen LogP contribution is -2.28. The average Bonchev–Trinajstić information content (AvgIpc) is 3.10. The Bertz CT molecular complexity index is 327. The van der Waals surface area contributed by atoms with Crippen LogP contribution in [0.1, 0.15) is 38.3 Å². The van der Waals surface area contributed by atoms with Crippen LogP contribution in [-0.4, -0.2) is 18.0 Å². The predicted octanol–water partition coefficient (Wildman–Crippen LogP) is 3.06. The summed E-state index contributed by atoms with van der Waals surface area (Å²) in [7, 11) is 0. The number of anilines is 1. The van der Waals surface area contributed by atoms with E-state index in [1.165, 1.54) is 24.9 Å². The van der Waals surface area contributed by atoms with Crippen LogP contribution >= 0.6 is 0 Å². The summed E-state index contributed by atoms with van der Waals surface area (Å²) in [5.41, 5.74) is 7.93. The Morgan fingerprint density at radius 1 is 1.31 bits per heavy atom. The van der Waals surface area contributed by atoms with Gasteiger partial charge in [0, 0.05) is 18.3 Å². The molecule has 0 aromatic heterocycles. The van der Waals surface area contributed by atoms with Crippen LogP contribution in [0.25, 0.3) is 0 Å². The minimum Gasteiger partial charge on any atom is -0.399 e. The number of nitrogens with two attached hydrogens (primary N) is 1. The Balaban J connectivity index is 2.02. The lowest BCUT2D eigenvalue weighted by molar-refractivity contribution is 0.213. The van der Waals surface area contributed by atoms with Gasteiger partial charge >= 0.3 is 0 Å². The molecule has 2 heteroatoms. The van der Waals surface area contributed by atoms with E-state index in [4.69, 9.17) is 5.73 Å². The second kappa shape index (κ2) is 4.88. The van der Waals surface area contributed by atoms with Gasteiger partial charge in [0.1, 0.15) is 0 Å². The van der Waals surface area contributed by atoms with Crippen molar-refractivity contribution in [3.63, 3.8) is 0 Å². The molecule has 1 aromatic rings. The van der Waals surface area contributed by atoms with Crippen molar-refractivity contribution < 1.29 is 0 Å². The van der Waals surface area contributed by atoms with Gasteiger partial charge < -0.3 is 5.73 Å². The molecule has 1 aliphatic carbocycles. The fourth-order valence-corrected chi connectivity index (χ4v) is 2.18. The zero-order valence-corrected chi connectivity index (χ0v) is 10.3. The lowest BCUT2D eigenvalue weighted by Gasteiger charge is -2.28. The summed E-state index contributed by atoms with van der Waals surface area (Å²) in [5.74, 6) is 0.955. The molecule has 1 atom stereocenters. The third kappa shape index (κ3) is 2.76. The maximum atomic E-state index is 5.71. The number of hydrogen-bond acceptors (Lipinski definition) is 2. The largest absolute Gasteiger partial charge is 0.399 e. The minimum atomic E-state index is 0.506. The number of hydrogen-bond donors (Lipinski definition) is 1. The van der Waals surface area contributed by atoms with Gasteiger partial charge in [0.2, 0.25) is 0 Å². The maximum Gasteiger partial charge on any atom is 0.0319 e. The molecule has 0 amide bonds. The fraction of sp³-hybridized carbons (Fsp3) is 0.571. The van der Waals surface area contributed by atoms with E-state index in [1.807, 2.05) is 12.1 Å². The summed E-state index contributed by atoms with van der Waals surface area (Å²) in [6.07, 6.45) is 2.84. The van der Waals surface area contributed by atoms with Crippen molar-refractivity contribution in [1.29, 1.82) is 0 Å². The van der Waals surface area contributed by atoms with E-state index in [0.717, 1.165) is 18.2 Å². The third-order valence-corrected chi connectivity index (χ3v) is 3.56. The highest BCUT2D eigenvalue weighted by Gasteiger charge is 2.26. The summed E-state index contributed by atoms with van der Waals surface area (Å²) in [6, 6.07) is 8.80. The first kappa shape index (κ1) is 11.5. The fourth-order valence-electron chi connectivity index (χ4n) is 2.18. The van der Waals surface area contributed by atoms with Crippen LogP contribution in [0.4, 0.5) is 5.69 Å². The van der Waals surface area contributed by atoms with Crippen molar-refractivity contribution in [1.82, 2.24) is 4.90 Å². The van der Waals surface area contributed by atoms with E-state index in [2.05, 4.69) is 30.9 Å². The smallest absolute Gasteiger partial charge is 0.0319 e. The minimum absolute atomic E-state index is 0.506. The van der Waals surface area contributed by atoms with Crippen LogP contribution < -0.4 is 5.73 Å². The molecule has 1 unspecified atom stereocenters. The van der Waals surface area contributed by atoms with E-state index in [1.54, 1.807) is 0 Å². The van der Waals surface area contributed by atoms with E-state index in [0.29, 0.717) is 6.04 Å². The van der Waals surface area contributed by atoms with Gasteiger partial charge in [0.05, 0.1) is 0 Å². The average molecular weight is 218 g/mol. The number of nitrogen functional groups attached to an aromatic ring is 1. The molecule has 0 aliphatic heterocycles. The molecule has 1 saturated carbocycles. The molecule has 0 bridgehead atoms.